The molecule has 5 heteroatoms. The first-order valence-corrected chi connectivity index (χ1v) is 7.91. The number of nitrogens with one attached hydrogen (secondary N) is 1. The summed E-state index contributed by atoms with van der Waals surface area (Å²) in [5, 5.41) is 4.15. The third-order valence-electron chi connectivity index (χ3n) is 2.61. The number of methoxy groups -OCH3 is 1. The van der Waals surface area contributed by atoms with Crippen LogP contribution in [0.2, 0.25) is 5.02 Å². The van der Waals surface area contributed by atoms with Crippen molar-refractivity contribution in [2.75, 3.05) is 12.9 Å². The topological polar surface area (TPSA) is 38.3 Å². The summed E-state index contributed by atoms with van der Waals surface area (Å²) in [5.41, 5.74) is 1.24. The molecule has 3 nitrogen and oxygen atoms in total. The van der Waals surface area contributed by atoms with Crippen LogP contribution in [-0.4, -0.2) is 24.4 Å². The number of carbonyl (C=O) groups is 1. The van der Waals surface area contributed by atoms with Crippen molar-refractivity contribution in [1.82, 2.24) is 5.32 Å². The molecule has 0 unspecified atom stereocenters. The van der Waals surface area contributed by atoms with Crippen molar-refractivity contribution in [2.45, 2.75) is 44.2 Å². The zero-order chi connectivity index (χ0) is 15.2. The molecule has 20 heavy (non-hydrogen) atoms. The number of hydrogen-bond acceptors (Lipinski definition) is 4. The number of benzene rings is 1. The molecule has 0 bridgehead atoms. The lowest BCUT2D eigenvalue weighted by Crippen LogP contribution is -2.35. The van der Waals surface area contributed by atoms with Gasteiger partial charge in [0.1, 0.15) is 0 Å². The molecule has 112 valence electrons. The van der Waals surface area contributed by atoms with Gasteiger partial charge in [-0.3, -0.25) is 4.79 Å². The van der Waals surface area contributed by atoms with E-state index in [-0.39, 0.29) is 11.5 Å². The van der Waals surface area contributed by atoms with Gasteiger partial charge in [-0.05, 0) is 38.5 Å². The lowest BCUT2D eigenvalue weighted by molar-refractivity contribution is -0.140. The largest absolute Gasteiger partial charge is 0.469 e. The fraction of sp³-hybridized carbons (Fsp3) is 0.533. The van der Waals surface area contributed by atoms with Crippen molar-refractivity contribution in [3.05, 3.63) is 28.8 Å². The molecule has 0 amide bonds. The van der Waals surface area contributed by atoms with E-state index in [1.165, 1.54) is 7.11 Å². The SMILES string of the molecule is COC(=O)CCSc1ccc(CNC(C)(C)C)cc1Cl. The zero-order valence-corrected chi connectivity index (χ0v) is 14.0. The molecule has 0 saturated heterocycles. The van der Waals surface area contributed by atoms with Crippen LogP contribution in [0.25, 0.3) is 0 Å². The predicted octanol–water partition coefficient (Wildman–Crippen LogP) is 3.88. The fourth-order valence-corrected chi connectivity index (χ4v) is 2.70. The standard InChI is InChI=1S/C15H22ClNO2S/c1-15(2,3)17-10-11-5-6-13(12(16)9-11)20-8-7-14(18)19-4/h5-6,9,17H,7-8,10H2,1-4H3. The molecule has 0 aromatic heterocycles. The molecular formula is C15H22ClNO2S. The van der Waals surface area contributed by atoms with Crippen LogP contribution in [0.5, 0.6) is 0 Å². The highest BCUT2D eigenvalue weighted by atomic mass is 35.5. The second-order valence-corrected chi connectivity index (χ2v) is 7.09. The number of rotatable bonds is 6. The lowest BCUT2D eigenvalue weighted by atomic mass is 10.1. The molecule has 0 spiro atoms. The van der Waals surface area contributed by atoms with Crippen molar-refractivity contribution in [2.24, 2.45) is 0 Å². The number of ether oxygens (including phenoxy) is 1. The summed E-state index contributed by atoms with van der Waals surface area (Å²) >= 11 is 7.83. The lowest BCUT2D eigenvalue weighted by Gasteiger charge is -2.20. The van der Waals surface area contributed by atoms with Crippen molar-refractivity contribution in [3.8, 4) is 0 Å². The quantitative estimate of drug-likeness (QED) is 0.638. The fourth-order valence-electron chi connectivity index (χ4n) is 1.48. The minimum Gasteiger partial charge on any atom is -0.469 e. The number of thioether (sulfide) groups is 1. The van der Waals surface area contributed by atoms with E-state index in [9.17, 15) is 4.79 Å². The van der Waals surface area contributed by atoms with Gasteiger partial charge in [0, 0.05) is 22.7 Å². The van der Waals surface area contributed by atoms with Gasteiger partial charge >= 0.3 is 5.97 Å². The number of esters is 1. The highest BCUT2D eigenvalue weighted by Crippen LogP contribution is 2.28. The summed E-state index contributed by atoms with van der Waals surface area (Å²) in [4.78, 5) is 12.0. The number of carbonyl (C=O) groups excluding carboxylic acids is 1. The van der Waals surface area contributed by atoms with Crippen molar-refractivity contribution < 1.29 is 9.53 Å². The van der Waals surface area contributed by atoms with Crippen LogP contribution < -0.4 is 5.32 Å². The van der Waals surface area contributed by atoms with Crippen LogP contribution in [-0.2, 0) is 16.1 Å². The molecule has 1 aromatic carbocycles. The van der Waals surface area contributed by atoms with Crippen molar-refractivity contribution in [1.29, 1.82) is 0 Å². The minimum absolute atomic E-state index is 0.0837. The maximum Gasteiger partial charge on any atom is 0.306 e. The summed E-state index contributed by atoms with van der Waals surface area (Å²) in [6.07, 6.45) is 0.394. The van der Waals surface area contributed by atoms with Gasteiger partial charge in [0.15, 0.2) is 0 Å². The van der Waals surface area contributed by atoms with Gasteiger partial charge in [-0.1, -0.05) is 17.7 Å². The summed E-state index contributed by atoms with van der Waals surface area (Å²) in [5.74, 6) is 0.478. The smallest absolute Gasteiger partial charge is 0.306 e. The molecule has 0 radical (unpaired) electrons. The Balaban J connectivity index is 2.53. The maximum absolute atomic E-state index is 11.0. The van der Waals surface area contributed by atoms with E-state index in [2.05, 4.69) is 36.9 Å². The maximum atomic E-state index is 11.0. The molecule has 0 saturated carbocycles. The molecule has 0 aliphatic heterocycles. The van der Waals surface area contributed by atoms with Crippen LogP contribution >= 0.6 is 23.4 Å². The van der Waals surface area contributed by atoms with E-state index in [0.717, 1.165) is 22.0 Å². The minimum atomic E-state index is -0.195. The van der Waals surface area contributed by atoms with Gasteiger partial charge in [0.2, 0.25) is 0 Å². The molecule has 0 aliphatic carbocycles. The Labute approximate surface area is 130 Å². The molecule has 0 fully saturated rings. The van der Waals surface area contributed by atoms with Gasteiger partial charge < -0.3 is 10.1 Å². The predicted molar refractivity (Wildman–Crippen MR) is 85.4 cm³/mol. The average Bonchev–Trinajstić information content (AvgIpc) is 2.37. The molecular weight excluding hydrogens is 294 g/mol. The van der Waals surface area contributed by atoms with Gasteiger partial charge in [-0.25, -0.2) is 0 Å². The normalized spacial score (nSPS) is 11.4. The first-order valence-electron chi connectivity index (χ1n) is 6.55. The first-order chi connectivity index (χ1) is 9.31. The Kier molecular flexibility index (Phi) is 6.86. The first kappa shape index (κ1) is 17.3. The van der Waals surface area contributed by atoms with Crippen LogP contribution in [0.15, 0.2) is 23.1 Å². The molecule has 1 rings (SSSR count). The Bertz CT molecular complexity index is 458. The molecule has 1 aromatic rings. The van der Waals surface area contributed by atoms with Gasteiger partial charge in [-0.15, -0.1) is 11.8 Å². The molecule has 1 N–H and O–H groups in total. The second kappa shape index (κ2) is 7.91. The highest BCUT2D eigenvalue weighted by molar-refractivity contribution is 7.99. The van der Waals surface area contributed by atoms with Crippen LogP contribution in [0.4, 0.5) is 0 Å². The van der Waals surface area contributed by atoms with E-state index >= 15 is 0 Å². The Hall–Kier alpha value is -0.710. The van der Waals surface area contributed by atoms with E-state index < -0.39 is 0 Å². The summed E-state index contributed by atoms with van der Waals surface area (Å²) in [7, 11) is 1.40. The second-order valence-electron chi connectivity index (χ2n) is 5.54. The zero-order valence-electron chi connectivity index (χ0n) is 12.5. The Morgan fingerprint density at radius 3 is 2.65 bits per heavy atom. The average molecular weight is 316 g/mol. The van der Waals surface area contributed by atoms with Crippen molar-refractivity contribution in [3.63, 3.8) is 0 Å². The third-order valence-corrected chi connectivity index (χ3v) is 4.11. The number of halogens is 1. The Morgan fingerprint density at radius 2 is 2.10 bits per heavy atom. The van der Waals surface area contributed by atoms with Crippen LogP contribution in [0.1, 0.15) is 32.8 Å². The van der Waals surface area contributed by atoms with Gasteiger partial charge in [0.25, 0.3) is 0 Å². The molecule has 0 heterocycles. The summed E-state index contributed by atoms with van der Waals surface area (Å²) < 4.78 is 4.61. The number of hydrogen-bond donors (Lipinski definition) is 1. The van der Waals surface area contributed by atoms with Crippen LogP contribution in [0.3, 0.4) is 0 Å². The van der Waals surface area contributed by atoms with Crippen molar-refractivity contribution >= 4 is 29.3 Å². The van der Waals surface area contributed by atoms with Crippen LogP contribution in [0, 0.1) is 0 Å². The van der Waals surface area contributed by atoms with E-state index in [0.29, 0.717) is 12.2 Å². The monoisotopic (exact) mass is 315 g/mol. The summed E-state index contributed by atoms with van der Waals surface area (Å²) in [6, 6.07) is 6.04. The molecule has 0 atom stereocenters. The third kappa shape index (κ3) is 6.64. The highest BCUT2D eigenvalue weighted by Gasteiger charge is 2.10. The van der Waals surface area contributed by atoms with Gasteiger partial charge in [0.05, 0.1) is 18.6 Å². The van der Waals surface area contributed by atoms with Gasteiger partial charge in [-0.2, -0.15) is 0 Å². The van der Waals surface area contributed by atoms with E-state index in [1.54, 1.807) is 11.8 Å². The molecule has 0 aliphatic rings. The summed E-state index contributed by atoms with van der Waals surface area (Å²) in [6.45, 7) is 7.18. The van der Waals surface area contributed by atoms with E-state index in [1.807, 2.05) is 12.1 Å². The Morgan fingerprint density at radius 1 is 1.40 bits per heavy atom. The van der Waals surface area contributed by atoms with E-state index in [4.69, 9.17) is 11.6 Å².